The summed E-state index contributed by atoms with van der Waals surface area (Å²) in [5.41, 5.74) is 6.84. The number of aromatic carboxylic acids is 1. The summed E-state index contributed by atoms with van der Waals surface area (Å²) in [4.78, 5) is 87.6. The Kier molecular flexibility index (Phi) is 27.7. The predicted molar refractivity (Wildman–Crippen MR) is 378 cm³/mol. The number of nitrogens with zero attached hydrogens (tertiary/aromatic N) is 4. The van der Waals surface area contributed by atoms with Gasteiger partial charge >= 0.3 is 31.1 Å². The molecule has 6 heterocycles. The number of nitrogen functional groups attached to an aromatic ring is 1. The van der Waals surface area contributed by atoms with Crippen LogP contribution in [0.25, 0.3) is 0 Å². The number of carbonyl (C=O) groups is 6. The van der Waals surface area contributed by atoms with Gasteiger partial charge in [-0.15, -0.1) is 45.9 Å². The lowest BCUT2D eigenvalue weighted by atomic mass is 9.43. The number of nitrogens with one attached hydrogen (secondary N) is 2. The fourth-order valence-corrected chi connectivity index (χ4v) is 16.7. The molecule has 3 saturated heterocycles. The number of nitrogens with two attached hydrogens (primary N) is 1. The Morgan fingerprint density at radius 3 is 1.85 bits per heavy atom. The summed E-state index contributed by atoms with van der Waals surface area (Å²) < 4.78 is 81.1. The number of carboxylic acid groups (broad SMARTS) is 1. The Labute approximate surface area is 600 Å². The number of carbonyl (C=O) groups excluding carboxylic acids is 5. The first-order chi connectivity index (χ1) is 45.3. The van der Waals surface area contributed by atoms with Gasteiger partial charge in [-0.1, -0.05) is 38.1 Å². The highest BCUT2D eigenvalue weighted by molar-refractivity contribution is 7.88. The van der Waals surface area contributed by atoms with Gasteiger partial charge in [-0.2, -0.15) is 34.4 Å². The van der Waals surface area contributed by atoms with E-state index in [9.17, 15) is 55.7 Å². The number of hydrogen-bond donors (Lipinski definition) is 5. The van der Waals surface area contributed by atoms with Crippen LogP contribution in [0.5, 0.6) is 11.5 Å². The summed E-state index contributed by atoms with van der Waals surface area (Å²) >= 11 is 26.5. The molecule has 11 rings (SSSR count). The van der Waals surface area contributed by atoms with E-state index in [1.807, 2.05) is 13.0 Å². The number of carboxylic acids is 1. The van der Waals surface area contributed by atoms with Gasteiger partial charge in [0.1, 0.15) is 34.7 Å². The first-order valence-electron chi connectivity index (χ1n) is 31.5. The van der Waals surface area contributed by atoms with Crippen molar-refractivity contribution in [2.75, 3.05) is 56.9 Å². The van der Waals surface area contributed by atoms with Gasteiger partial charge < -0.3 is 49.9 Å². The van der Waals surface area contributed by atoms with Crippen LogP contribution < -0.4 is 25.8 Å². The molecule has 532 valence electrons. The van der Waals surface area contributed by atoms with Crippen LogP contribution in [0.3, 0.4) is 0 Å². The molecule has 0 spiro atoms. The Morgan fingerprint density at radius 1 is 0.835 bits per heavy atom. The van der Waals surface area contributed by atoms with Gasteiger partial charge in [0.25, 0.3) is 0 Å². The zero-order valence-corrected chi connectivity index (χ0v) is 62.6. The van der Waals surface area contributed by atoms with Crippen molar-refractivity contribution in [2.24, 2.45) is 29.1 Å². The highest BCUT2D eigenvalue weighted by Gasteiger charge is 2.68. The molecule has 2 aromatic carbocycles. The minimum absolute atomic E-state index is 0.0151. The van der Waals surface area contributed by atoms with Gasteiger partial charge in [0.15, 0.2) is 16.7 Å². The highest BCUT2D eigenvalue weighted by atomic mass is 35.6. The molecule has 2 amide bonds. The van der Waals surface area contributed by atoms with Crippen molar-refractivity contribution in [1.82, 2.24) is 29.2 Å². The number of aryl methyl sites for hydroxylation is 1. The number of fused-ring (bicyclic) bond motifs is 1. The number of Topliss-reactive ketones (excluding diaryl/α,β-unsaturated/α-hetero) is 2. The maximum absolute atomic E-state index is 14.6. The molecule has 8 atom stereocenters. The van der Waals surface area contributed by atoms with Crippen molar-refractivity contribution in [2.45, 2.75) is 154 Å². The van der Waals surface area contributed by atoms with Crippen LogP contribution in [0.15, 0.2) is 47.2 Å². The van der Waals surface area contributed by atoms with Gasteiger partial charge in [-0.25, -0.2) is 45.0 Å². The number of alkyl halides is 2. The molecule has 6 N–H and O–H groups in total. The zero-order valence-electron chi connectivity index (χ0n) is 55.6. The first-order valence-corrected chi connectivity index (χ1v) is 39.3. The maximum Gasteiger partial charge on any atom is 0.526 e. The summed E-state index contributed by atoms with van der Waals surface area (Å²) in [6, 6.07) is 7.79. The van der Waals surface area contributed by atoms with E-state index in [-0.39, 0.29) is 108 Å². The van der Waals surface area contributed by atoms with E-state index in [1.165, 1.54) is 39.4 Å². The number of hydrogen-bond acceptors (Lipinski definition) is 21. The number of piperidine rings is 2. The fraction of sp³-hybridized carbons (Fsp3) is 0.607. The van der Waals surface area contributed by atoms with Crippen molar-refractivity contribution in [3.63, 3.8) is 0 Å². The predicted octanol–water partition coefficient (Wildman–Crippen LogP) is 9.35. The van der Waals surface area contributed by atoms with Crippen molar-refractivity contribution in [3.8, 4) is 11.5 Å². The van der Waals surface area contributed by atoms with E-state index in [0.29, 0.717) is 60.1 Å². The Hall–Kier alpha value is -4.34. The van der Waals surface area contributed by atoms with Crippen LogP contribution in [0.1, 0.15) is 153 Å². The van der Waals surface area contributed by atoms with Crippen LogP contribution in [0, 0.1) is 36.0 Å². The van der Waals surface area contributed by atoms with Crippen LogP contribution >= 0.6 is 80.3 Å². The molecular formula is C61H83B3Cl5N7O17S4. The zero-order chi connectivity index (χ0) is 71.9. The molecule has 97 heavy (non-hydrogen) atoms. The average Bonchev–Trinajstić information content (AvgIpc) is 1.67. The second-order valence-corrected chi connectivity index (χ2v) is 35.4. The molecule has 4 aromatic rings. The lowest BCUT2D eigenvalue weighted by Crippen LogP contribution is -2.65. The molecular weight excluding hydrogens is 1440 g/mol. The topological polar surface area (TPSA) is 340 Å². The van der Waals surface area contributed by atoms with Gasteiger partial charge in [-0.3, -0.25) is 19.2 Å². The third-order valence-corrected chi connectivity index (χ3v) is 22.8. The van der Waals surface area contributed by atoms with E-state index in [4.69, 9.17) is 86.8 Å². The molecule has 2 aromatic heterocycles. The number of para-hydroxylation sites is 2. The smallest absolute Gasteiger partial charge is 0.526 e. The largest absolute Gasteiger partial charge is 0.535 e. The molecule has 2 unspecified atom stereocenters. The number of sulfonamides is 2. The number of halogens is 5. The summed E-state index contributed by atoms with van der Waals surface area (Å²) in [6.07, 6.45) is 5.77. The second kappa shape index (κ2) is 33.6. The van der Waals surface area contributed by atoms with Gasteiger partial charge in [-0.05, 0) is 126 Å². The average molecular weight is 1520 g/mol. The number of rotatable bonds is 20. The molecule has 3 saturated carbocycles. The lowest BCUT2D eigenvalue weighted by Gasteiger charge is -2.64. The molecule has 2 bridgehead atoms. The molecule has 24 nitrogen and oxygen atoms in total. The van der Waals surface area contributed by atoms with Crippen LogP contribution in [0.2, 0.25) is 11.6 Å². The first kappa shape index (κ1) is 80.0. The summed E-state index contributed by atoms with van der Waals surface area (Å²) in [5.74, 6) is -3.90. The van der Waals surface area contributed by atoms with E-state index >= 15 is 0 Å². The van der Waals surface area contributed by atoms with Gasteiger partial charge in [0.2, 0.25) is 31.9 Å². The Balaban J connectivity index is 0.000000262. The number of amides is 2. The highest BCUT2D eigenvalue weighted by Crippen LogP contribution is 2.66. The number of ketones is 2. The molecule has 6 fully saturated rings. The van der Waals surface area contributed by atoms with Crippen molar-refractivity contribution >= 4 is 160 Å². The summed E-state index contributed by atoms with van der Waals surface area (Å²) in [7, 11) is -7.34. The van der Waals surface area contributed by atoms with E-state index in [1.54, 1.807) is 55.8 Å². The van der Waals surface area contributed by atoms with Crippen molar-refractivity contribution in [3.05, 3.63) is 85.8 Å². The number of esters is 1. The van der Waals surface area contributed by atoms with Gasteiger partial charge in [0.05, 0.1) is 58.6 Å². The number of benzene rings is 2. The van der Waals surface area contributed by atoms with Crippen LogP contribution in [-0.4, -0.2) is 169 Å². The monoisotopic (exact) mass is 1520 g/mol. The SMILES string of the molecule is COc1c(C[C@H](CC(=O)C(NC(=O)C2CCN(S(C)(=O)=O)CC2)c2csc(C)n2)B2O[C@@H]3C[C@@H]4C[C@@H](C4(C)C)[C@]3(C)O2)cccc1C(=O)OC(C)(C)C.CS(=O)(=O)N1CCC(C(=O)NC(C(=O)C[C@H]2Cc3cccc(C(=O)O)c3OB2O)c2csc(N)n2)CC1.ClB(Cl)Cl.ClCCl. The quantitative estimate of drug-likeness (QED) is 0.0312. The van der Waals surface area contributed by atoms with E-state index in [2.05, 4.69) is 41.4 Å². The standard InChI is InChI=1S/C38H54BN3O9S2.C22H27BN4O8S2.CH2Cl2.BCl3/c1-22-40-28(21-52-22)32(41-34(44)23-13-15-42(16-14-23)53(9,46)47)29(43)20-26(39-50-31-19-25-18-30(37(25,5)6)38(31,7)51-39)17-24-11-10-12-27(33(24)48-8)35(45)49-36(2,3)4;1-37(33,34)27-7-5-12(6-8-27)20(29)26-18(16-11-36-22(24)25-16)17(28)10-14-9-13-3-2-4-15(21(30)31)19(13)35-23(14)32;2-1-3;2-1(3)4/h10-12,21,23,25-26,30-32H,13-20H2,1-9H3,(H,41,44);2-4,11-12,14,18,32H,5-10H2,1H3,(H2,24,25)(H,26,29)(H,30,31);1H2;/t25-,26+,30-,31+,32?,38-;14-,18?;;/m01../s1. The third kappa shape index (κ3) is 20.5. The summed E-state index contributed by atoms with van der Waals surface area (Å²) in [6.45, 7) is 14.9. The Bertz CT molecular complexity index is 3710. The maximum atomic E-state index is 14.6. The number of anilines is 1. The van der Waals surface area contributed by atoms with Crippen molar-refractivity contribution < 1.29 is 79.2 Å². The number of methoxy groups -OCH3 is 1. The minimum Gasteiger partial charge on any atom is -0.535 e. The molecule has 4 aliphatic heterocycles. The Morgan fingerprint density at radius 2 is 1.36 bits per heavy atom. The third-order valence-electron chi connectivity index (χ3n) is 18.7. The fourth-order valence-electron chi connectivity index (χ4n) is 13.7. The lowest BCUT2D eigenvalue weighted by molar-refractivity contribution is -0.199. The van der Waals surface area contributed by atoms with E-state index < -0.39 is 110 Å². The number of thiazole rings is 2. The molecule has 3 aliphatic carbocycles. The molecule has 0 radical (unpaired) electrons. The summed E-state index contributed by atoms with van der Waals surface area (Å²) in [5, 5.41) is 30.2. The minimum atomic E-state index is -3.36. The van der Waals surface area contributed by atoms with Crippen molar-refractivity contribution in [1.29, 1.82) is 0 Å². The van der Waals surface area contributed by atoms with Crippen LogP contribution in [0.4, 0.5) is 5.13 Å². The van der Waals surface area contributed by atoms with Crippen LogP contribution in [-0.2, 0) is 66.1 Å². The normalized spacial score (nSPS) is 22.6. The van der Waals surface area contributed by atoms with E-state index in [0.717, 1.165) is 35.4 Å². The molecule has 7 aliphatic rings. The number of aromatic nitrogens is 2. The second-order valence-electron chi connectivity index (χ2n) is 26.7. The molecule has 36 heteroatoms. The van der Waals surface area contributed by atoms with Gasteiger partial charge in [0, 0.05) is 73.3 Å². The number of ether oxygens (including phenoxy) is 2.